The van der Waals surface area contributed by atoms with Crippen molar-refractivity contribution < 1.29 is 17.9 Å². The summed E-state index contributed by atoms with van der Waals surface area (Å²) in [7, 11) is 1.56. The molecule has 0 radical (unpaired) electrons. The summed E-state index contributed by atoms with van der Waals surface area (Å²) in [6.45, 7) is 0. The van der Waals surface area contributed by atoms with E-state index in [-0.39, 0.29) is 6.42 Å². The van der Waals surface area contributed by atoms with Gasteiger partial charge in [-0.2, -0.15) is 13.2 Å². The molecule has 1 aliphatic carbocycles. The van der Waals surface area contributed by atoms with Gasteiger partial charge in [0.1, 0.15) is 5.75 Å². The van der Waals surface area contributed by atoms with E-state index in [4.69, 9.17) is 16.3 Å². The van der Waals surface area contributed by atoms with E-state index in [9.17, 15) is 13.2 Å². The van der Waals surface area contributed by atoms with Crippen molar-refractivity contribution in [2.24, 2.45) is 11.8 Å². The predicted octanol–water partition coefficient (Wildman–Crippen LogP) is 5.21. The molecule has 0 heterocycles. The summed E-state index contributed by atoms with van der Waals surface area (Å²) < 4.78 is 44.7. The first kappa shape index (κ1) is 16.5. The Bertz CT molecular complexity index is 461. The number of halogens is 4. The molecule has 1 saturated carbocycles. The molecular weight excluding hydrogens is 301 g/mol. The van der Waals surface area contributed by atoms with Gasteiger partial charge in [-0.25, -0.2) is 0 Å². The Morgan fingerprint density at radius 1 is 1.24 bits per heavy atom. The van der Waals surface area contributed by atoms with Crippen molar-refractivity contribution in [2.75, 3.05) is 7.11 Å². The van der Waals surface area contributed by atoms with Crippen LogP contribution in [0.3, 0.4) is 0 Å². The Morgan fingerprint density at radius 2 is 1.90 bits per heavy atom. The van der Waals surface area contributed by atoms with E-state index in [1.165, 1.54) is 0 Å². The smallest absolute Gasteiger partial charge is 0.392 e. The van der Waals surface area contributed by atoms with Crippen LogP contribution in [0.5, 0.6) is 5.75 Å². The van der Waals surface area contributed by atoms with E-state index in [0.717, 1.165) is 12.0 Å². The summed E-state index contributed by atoms with van der Waals surface area (Å²) in [4.78, 5) is 0. The molecule has 0 aliphatic heterocycles. The van der Waals surface area contributed by atoms with Crippen molar-refractivity contribution in [3.8, 4) is 5.75 Å². The highest BCUT2D eigenvalue weighted by atomic mass is 35.5. The molecule has 21 heavy (non-hydrogen) atoms. The van der Waals surface area contributed by atoms with Gasteiger partial charge >= 0.3 is 6.18 Å². The fourth-order valence-electron chi connectivity index (χ4n) is 3.23. The Hall–Kier alpha value is -0.900. The van der Waals surface area contributed by atoms with Crippen LogP contribution >= 0.6 is 11.6 Å². The predicted molar refractivity (Wildman–Crippen MR) is 77.8 cm³/mol. The Kier molecular flexibility index (Phi) is 5.42. The maximum atomic E-state index is 13.2. The zero-order valence-corrected chi connectivity index (χ0v) is 12.8. The minimum Gasteiger partial charge on any atom is -0.496 e. The molecule has 1 nitrogen and oxygen atoms in total. The van der Waals surface area contributed by atoms with E-state index in [1.54, 1.807) is 13.2 Å². The second-order valence-corrected chi connectivity index (χ2v) is 6.19. The van der Waals surface area contributed by atoms with Crippen molar-refractivity contribution in [1.29, 1.82) is 0 Å². The van der Waals surface area contributed by atoms with E-state index in [2.05, 4.69) is 0 Å². The maximum Gasteiger partial charge on any atom is 0.392 e. The summed E-state index contributed by atoms with van der Waals surface area (Å²) in [6, 6.07) is 7.36. The molecule has 3 unspecified atom stereocenters. The molecule has 118 valence electrons. The van der Waals surface area contributed by atoms with Crippen LogP contribution in [0, 0.1) is 11.8 Å². The Balaban J connectivity index is 2.12. The summed E-state index contributed by atoms with van der Waals surface area (Å²) in [5, 5.41) is -0.520. The lowest BCUT2D eigenvalue weighted by Gasteiger charge is -2.36. The topological polar surface area (TPSA) is 9.23 Å². The van der Waals surface area contributed by atoms with E-state index >= 15 is 0 Å². The summed E-state index contributed by atoms with van der Waals surface area (Å²) in [5.41, 5.74) is 0.867. The quantitative estimate of drug-likeness (QED) is 0.692. The van der Waals surface area contributed by atoms with Gasteiger partial charge in [0.25, 0.3) is 0 Å². The zero-order valence-electron chi connectivity index (χ0n) is 12.0. The second-order valence-electron chi connectivity index (χ2n) is 5.63. The van der Waals surface area contributed by atoms with Gasteiger partial charge in [-0.3, -0.25) is 0 Å². The molecule has 3 atom stereocenters. The van der Waals surface area contributed by atoms with Crippen LogP contribution in [0.1, 0.15) is 31.2 Å². The number of benzene rings is 1. The largest absolute Gasteiger partial charge is 0.496 e. The molecule has 0 amide bonds. The van der Waals surface area contributed by atoms with Crippen LogP contribution in [0.25, 0.3) is 0 Å². The normalized spacial score (nSPS) is 24.6. The molecule has 1 aromatic carbocycles. The highest BCUT2D eigenvalue weighted by Crippen LogP contribution is 2.45. The first-order valence-corrected chi connectivity index (χ1v) is 7.69. The molecular formula is C16H20ClF3O. The molecule has 1 fully saturated rings. The van der Waals surface area contributed by atoms with E-state index < -0.39 is 23.4 Å². The SMILES string of the molecule is COc1ccccc1CC(Cl)C1CCCCC1C(F)(F)F. The zero-order chi connectivity index (χ0) is 15.5. The van der Waals surface area contributed by atoms with Gasteiger partial charge in [0.15, 0.2) is 0 Å². The summed E-state index contributed by atoms with van der Waals surface area (Å²) >= 11 is 6.37. The summed E-state index contributed by atoms with van der Waals surface area (Å²) in [6.07, 6.45) is -1.54. The van der Waals surface area contributed by atoms with E-state index in [1.807, 2.05) is 18.2 Å². The standard InChI is InChI=1S/C16H20ClF3O/c1-21-15-9-5-2-6-11(15)10-14(17)12-7-3-4-8-13(12)16(18,19)20/h2,5-6,9,12-14H,3-4,7-8,10H2,1H3. The second kappa shape index (κ2) is 6.91. The number of hydrogen-bond acceptors (Lipinski definition) is 1. The number of alkyl halides is 4. The van der Waals surface area contributed by atoms with Crippen molar-refractivity contribution in [1.82, 2.24) is 0 Å². The maximum absolute atomic E-state index is 13.2. The average Bonchev–Trinajstić information content (AvgIpc) is 2.47. The van der Waals surface area contributed by atoms with Gasteiger partial charge in [-0.1, -0.05) is 31.0 Å². The molecule has 0 bridgehead atoms. The number of hydrogen-bond donors (Lipinski definition) is 0. The first-order valence-electron chi connectivity index (χ1n) is 7.26. The molecule has 0 saturated heterocycles. The van der Waals surface area contributed by atoms with E-state index in [0.29, 0.717) is 25.0 Å². The molecule has 1 aliphatic rings. The number of ether oxygens (including phenoxy) is 1. The van der Waals surface area contributed by atoms with Crippen LogP contribution < -0.4 is 4.74 Å². The Morgan fingerprint density at radius 3 is 2.57 bits per heavy atom. The van der Waals surface area contributed by atoms with Gasteiger partial charge in [-0.15, -0.1) is 11.6 Å². The third kappa shape index (κ3) is 4.06. The van der Waals surface area contributed by atoms with Crippen molar-refractivity contribution in [3.05, 3.63) is 29.8 Å². The lowest BCUT2D eigenvalue weighted by molar-refractivity contribution is -0.196. The molecule has 0 N–H and O–H groups in total. The minimum atomic E-state index is -4.15. The van der Waals surface area contributed by atoms with Gasteiger partial charge < -0.3 is 4.74 Å². The molecule has 1 aromatic rings. The van der Waals surface area contributed by atoms with Crippen LogP contribution in [0.4, 0.5) is 13.2 Å². The number of rotatable bonds is 4. The van der Waals surface area contributed by atoms with Crippen LogP contribution in [-0.4, -0.2) is 18.7 Å². The average molecular weight is 321 g/mol. The molecule has 0 aromatic heterocycles. The number of para-hydroxylation sites is 1. The molecule has 0 spiro atoms. The van der Waals surface area contributed by atoms with Crippen molar-refractivity contribution in [3.63, 3.8) is 0 Å². The van der Waals surface area contributed by atoms with Gasteiger partial charge in [0.05, 0.1) is 13.0 Å². The van der Waals surface area contributed by atoms with Gasteiger partial charge in [0, 0.05) is 5.38 Å². The third-order valence-corrected chi connectivity index (χ3v) is 4.79. The van der Waals surface area contributed by atoms with Crippen LogP contribution in [0.2, 0.25) is 0 Å². The van der Waals surface area contributed by atoms with Crippen molar-refractivity contribution in [2.45, 2.75) is 43.7 Å². The van der Waals surface area contributed by atoms with Crippen molar-refractivity contribution >= 4 is 11.6 Å². The van der Waals surface area contributed by atoms with Crippen LogP contribution in [-0.2, 0) is 6.42 Å². The lowest BCUT2D eigenvalue weighted by Crippen LogP contribution is -2.38. The lowest BCUT2D eigenvalue weighted by atomic mass is 9.75. The highest BCUT2D eigenvalue weighted by Gasteiger charge is 2.47. The van der Waals surface area contributed by atoms with Crippen LogP contribution in [0.15, 0.2) is 24.3 Å². The Labute approximate surface area is 128 Å². The molecule has 2 rings (SSSR count). The number of methoxy groups -OCH3 is 1. The highest BCUT2D eigenvalue weighted by molar-refractivity contribution is 6.21. The third-order valence-electron chi connectivity index (χ3n) is 4.31. The fraction of sp³-hybridized carbons (Fsp3) is 0.625. The monoisotopic (exact) mass is 320 g/mol. The van der Waals surface area contributed by atoms with Gasteiger partial charge in [-0.05, 0) is 36.8 Å². The summed E-state index contributed by atoms with van der Waals surface area (Å²) in [5.74, 6) is -1.10. The molecule has 5 heteroatoms. The van der Waals surface area contributed by atoms with Gasteiger partial charge in [0.2, 0.25) is 0 Å². The fourth-order valence-corrected chi connectivity index (χ4v) is 3.70. The minimum absolute atomic E-state index is 0.198. The first-order chi connectivity index (χ1) is 9.93.